The molecule has 8 heteroatoms. The van der Waals surface area contributed by atoms with Gasteiger partial charge in [-0.2, -0.15) is 0 Å². The highest BCUT2D eigenvalue weighted by Crippen LogP contribution is 2.26. The van der Waals surface area contributed by atoms with Gasteiger partial charge >= 0.3 is 5.97 Å². The zero-order valence-electron chi connectivity index (χ0n) is 13.6. The molecule has 0 saturated heterocycles. The topological polar surface area (TPSA) is 68.5 Å². The first kappa shape index (κ1) is 19.5. The Labute approximate surface area is 173 Å². The molecule has 0 spiro atoms. The lowest BCUT2D eigenvalue weighted by Gasteiger charge is -2.17. The maximum atomic E-state index is 12.8. The Hall–Kier alpha value is -2.28. The first-order valence-electron chi connectivity index (χ1n) is 7.70. The van der Waals surface area contributed by atoms with Crippen LogP contribution in [0.2, 0.25) is 10.0 Å². The van der Waals surface area contributed by atoms with E-state index in [-0.39, 0.29) is 5.76 Å². The van der Waals surface area contributed by atoms with E-state index >= 15 is 0 Å². The molecule has 0 fully saturated rings. The van der Waals surface area contributed by atoms with Crippen LogP contribution in [0.25, 0.3) is 0 Å². The summed E-state index contributed by atoms with van der Waals surface area (Å²) in [5.41, 5.74) is 0.886. The molecular formula is C19H12BrCl2NO4. The summed E-state index contributed by atoms with van der Waals surface area (Å²) in [5.74, 6) is -1.35. The number of benzene rings is 2. The summed E-state index contributed by atoms with van der Waals surface area (Å²) in [5, 5.41) is 3.39. The second-order valence-corrected chi connectivity index (χ2v) is 7.10. The van der Waals surface area contributed by atoms with Crippen molar-refractivity contribution in [3.63, 3.8) is 0 Å². The first-order chi connectivity index (χ1) is 12.9. The van der Waals surface area contributed by atoms with Gasteiger partial charge in [0, 0.05) is 21.3 Å². The van der Waals surface area contributed by atoms with Crippen molar-refractivity contribution in [2.24, 2.45) is 0 Å². The van der Waals surface area contributed by atoms with Gasteiger partial charge in [0.25, 0.3) is 5.91 Å². The molecule has 1 atom stereocenters. The quantitative estimate of drug-likeness (QED) is 0.474. The molecule has 1 aromatic heterocycles. The van der Waals surface area contributed by atoms with E-state index in [1.54, 1.807) is 54.6 Å². The number of hydrogen-bond acceptors (Lipinski definition) is 4. The van der Waals surface area contributed by atoms with E-state index in [4.69, 9.17) is 32.4 Å². The largest absolute Gasteiger partial charge is 0.442 e. The molecule has 1 amide bonds. The van der Waals surface area contributed by atoms with Crippen molar-refractivity contribution in [3.8, 4) is 0 Å². The minimum atomic E-state index is -1.19. The van der Waals surface area contributed by atoms with Gasteiger partial charge in [0.2, 0.25) is 11.9 Å². The summed E-state index contributed by atoms with van der Waals surface area (Å²) in [6, 6.07) is 16.3. The summed E-state index contributed by atoms with van der Waals surface area (Å²) < 4.78 is 11.0. The number of amides is 1. The molecule has 0 aliphatic carbocycles. The van der Waals surface area contributed by atoms with E-state index in [2.05, 4.69) is 21.2 Å². The predicted octanol–water partition coefficient (Wildman–Crippen LogP) is 5.89. The van der Waals surface area contributed by atoms with Crippen molar-refractivity contribution < 1.29 is 18.7 Å². The molecule has 1 heterocycles. The number of carbonyl (C=O) groups excluding carboxylic acids is 2. The highest BCUT2D eigenvalue weighted by Gasteiger charge is 2.27. The van der Waals surface area contributed by atoms with Crippen molar-refractivity contribution in [3.05, 3.63) is 86.7 Å². The maximum Gasteiger partial charge on any atom is 0.375 e. The van der Waals surface area contributed by atoms with E-state index in [0.717, 1.165) is 0 Å². The summed E-state index contributed by atoms with van der Waals surface area (Å²) in [6.07, 6.45) is -1.19. The third-order valence-electron chi connectivity index (χ3n) is 3.47. The molecule has 3 rings (SSSR count). The van der Waals surface area contributed by atoms with Crippen LogP contribution in [0.3, 0.4) is 0 Å². The Kier molecular flexibility index (Phi) is 6.21. The number of hydrogen-bond donors (Lipinski definition) is 1. The number of anilines is 1. The molecular weight excluding hydrogens is 457 g/mol. The maximum absolute atomic E-state index is 12.8. The van der Waals surface area contributed by atoms with Crippen LogP contribution < -0.4 is 5.32 Å². The first-order valence-corrected chi connectivity index (χ1v) is 9.25. The molecule has 138 valence electrons. The van der Waals surface area contributed by atoms with Crippen LogP contribution in [-0.2, 0) is 9.53 Å². The Morgan fingerprint density at radius 1 is 1.00 bits per heavy atom. The number of furan rings is 1. The SMILES string of the molecule is O=C(OC(C(=O)Nc1cc(Cl)cc(Cl)c1)c1ccccc1)c1ccc(Br)o1. The molecule has 1 N–H and O–H groups in total. The average Bonchev–Trinajstić information content (AvgIpc) is 3.06. The number of ether oxygens (including phenoxy) is 1. The summed E-state index contributed by atoms with van der Waals surface area (Å²) in [7, 11) is 0. The van der Waals surface area contributed by atoms with Gasteiger partial charge in [-0.25, -0.2) is 4.79 Å². The van der Waals surface area contributed by atoms with E-state index in [1.807, 2.05) is 0 Å². The van der Waals surface area contributed by atoms with Gasteiger partial charge in [0.15, 0.2) is 4.67 Å². The van der Waals surface area contributed by atoms with Gasteiger partial charge in [0.05, 0.1) is 0 Å². The van der Waals surface area contributed by atoms with Crippen LogP contribution >= 0.6 is 39.1 Å². The molecule has 3 aromatic rings. The Morgan fingerprint density at radius 2 is 1.67 bits per heavy atom. The number of halogens is 3. The standard InChI is InChI=1S/C19H12BrCl2NO4/c20-16-7-6-15(26-16)19(25)27-17(11-4-2-1-3-5-11)18(24)23-14-9-12(21)8-13(22)10-14/h1-10,17H,(H,23,24). The van der Waals surface area contributed by atoms with Crippen LogP contribution in [0.1, 0.15) is 22.2 Å². The van der Waals surface area contributed by atoms with Crippen molar-refractivity contribution in [1.82, 2.24) is 0 Å². The van der Waals surface area contributed by atoms with Crippen molar-refractivity contribution in [2.75, 3.05) is 5.32 Å². The van der Waals surface area contributed by atoms with E-state index < -0.39 is 18.0 Å². The third-order valence-corrected chi connectivity index (χ3v) is 4.33. The van der Waals surface area contributed by atoms with Gasteiger partial charge in [-0.05, 0) is 46.3 Å². The molecule has 2 aromatic carbocycles. The van der Waals surface area contributed by atoms with Gasteiger partial charge in [-0.3, -0.25) is 4.79 Å². The van der Waals surface area contributed by atoms with Crippen LogP contribution in [0.5, 0.6) is 0 Å². The fraction of sp³-hybridized carbons (Fsp3) is 0.0526. The van der Waals surface area contributed by atoms with Crippen LogP contribution in [0, 0.1) is 0 Å². The van der Waals surface area contributed by atoms with Crippen molar-refractivity contribution in [2.45, 2.75) is 6.10 Å². The summed E-state index contributed by atoms with van der Waals surface area (Å²) in [6.45, 7) is 0. The van der Waals surface area contributed by atoms with Crippen molar-refractivity contribution in [1.29, 1.82) is 0 Å². The minimum Gasteiger partial charge on any atom is -0.442 e. The Bertz CT molecular complexity index is 955. The van der Waals surface area contributed by atoms with Gasteiger partial charge in [-0.15, -0.1) is 0 Å². The normalized spacial score (nSPS) is 11.7. The number of nitrogens with one attached hydrogen (secondary N) is 1. The van der Waals surface area contributed by atoms with Crippen molar-refractivity contribution >= 4 is 56.7 Å². The summed E-state index contributed by atoms with van der Waals surface area (Å²) in [4.78, 5) is 25.1. The van der Waals surface area contributed by atoms with Gasteiger partial charge < -0.3 is 14.5 Å². The van der Waals surface area contributed by atoms with Crippen LogP contribution in [0.4, 0.5) is 5.69 Å². The lowest BCUT2D eigenvalue weighted by molar-refractivity contribution is -0.125. The highest BCUT2D eigenvalue weighted by atomic mass is 79.9. The zero-order valence-corrected chi connectivity index (χ0v) is 16.7. The molecule has 1 unspecified atom stereocenters. The Morgan fingerprint density at radius 3 is 2.26 bits per heavy atom. The molecule has 0 radical (unpaired) electrons. The predicted molar refractivity (Wildman–Crippen MR) is 106 cm³/mol. The molecule has 0 aliphatic heterocycles. The van der Waals surface area contributed by atoms with Gasteiger partial charge in [0.1, 0.15) is 0 Å². The second-order valence-electron chi connectivity index (χ2n) is 5.45. The smallest absolute Gasteiger partial charge is 0.375 e. The third kappa shape index (κ3) is 5.13. The van der Waals surface area contributed by atoms with E-state index in [0.29, 0.717) is 26.0 Å². The lowest BCUT2D eigenvalue weighted by atomic mass is 10.1. The number of carbonyl (C=O) groups is 2. The van der Waals surface area contributed by atoms with Gasteiger partial charge in [-0.1, -0.05) is 53.5 Å². The lowest BCUT2D eigenvalue weighted by Crippen LogP contribution is -2.25. The minimum absolute atomic E-state index is 0.0265. The molecule has 0 bridgehead atoms. The number of rotatable bonds is 5. The monoisotopic (exact) mass is 467 g/mol. The highest BCUT2D eigenvalue weighted by molar-refractivity contribution is 9.10. The molecule has 5 nitrogen and oxygen atoms in total. The van der Waals surface area contributed by atoms with E-state index in [9.17, 15) is 9.59 Å². The average molecular weight is 469 g/mol. The zero-order chi connectivity index (χ0) is 19.4. The summed E-state index contributed by atoms with van der Waals surface area (Å²) >= 11 is 15.0. The fourth-order valence-electron chi connectivity index (χ4n) is 2.32. The Balaban J connectivity index is 1.85. The molecule has 27 heavy (non-hydrogen) atoms. The van der Waals surface area contributed by atoms with Crippen LogP contribution in [-0.4, -0.2) is 11.9 Å². The number of esters is 1. The van der Waals surface area contributed by atoms with Crippen LogP contribution in [0.15, 0.2) is 69.8 Å². The molecule has 0 saturated carbocycles. The van der Waals surface area contributed by atoms with E-state index in [1.165, 1.54) is 6.07 Å². The second kappa shape index (κ2) is 8.61. The fourth-order valence-corrected chi connectivity index (χ4v) is 3.16. The molecule has 0 aliphatic rings.